The second-order valence-electron chi connectivity index (χ2n) is 4.53. The number of nitriles is 1. The molecule has 2 aromatic rings. The highest BCUT2D eigenvalue weighted by atomic mass is 14.6. The van der Waals surface area contributed by atoms with Gasteiger partial charge in [-0.3, -0.25) is 4.98 Å². The molecular formula is C16H16N2. The first-order valence-electron chi connectivity index (χ1n) is 6.17. The number of aromatic nitrogens is 1. The summed E-state index contributed by atoms with van der Waals surface area (Å²) in [5.74, 6) is 0. The Kier molecular flexibility index (Phi) is 4.09. The zero-order valence-electron chi connectivity index (χ0n) is 10.6. The predicted octanol–water partition coefficient (Wildman–Crippen LogP) is 3.44. The molecule has 1 heterocycles. The lowest BCUT2D eigenvalue weighted by atomic mass is 10.0. The van der Waals surface area contributed by atoms with E-state index >= 15 is 0 Å². The Morgan fingerprint density at radius 3 is 2.72 bits per heavy atom. The highest BCUT2D eigenvalue weighted by Crippen LogP contribution is 2.12. The van der Waals surface area contributed by atoms with Crippen molar-refractivity contribution in [2.24, 2.45) is 0 Å². The van der Waals surface area contributed by atoms with Crippen LogP contribution < -0.4 is 0 Å². The van der Waals surface area contributed by atoms with Gasteiger partial charge < -0.3 is 0 Å². The molecule has 0 saturated heterocycles. The number of benzene rings is 1. The van der Waals surface area contributed by atoms with E-state index in [9.17, 15) is 0 Å². The van der Waals surface area contributed by atoms with Crippen molar-refractivity contribution in [3.05, 3.63) is 65.0 Å². The van der Waals surface area contributed by atoms with Crippen molar-refractivity contribution in [2.45, 2.75) is 26.2 Å². The average Bonchev–Trinajstić information content (AvgIpc) is 2.39. The summed E-state index contributed by atoms with van der Waals surface area (Å²) >= 11 is 0. The maximum absolute atomic E-state index is 8.93. The zero-order valence-corrected chi connectivity index (χ0v) is 10.6. The highest BCUT2D eigenvalue weighted by Gasteiger charge is 1.99. The molecule has 0 unspecified atom stereocenters. The third kappa shape index (κ3) is 3.43. The molecule has 0 aliphatic heterocycles. The van der Waals surface area contributed by atoms with Gasteiger partial charge in [-0.1, -0.05) is 12.1 Å². The summed E-state index contributed by atoms with van der Waals surface area (Å²) in [6.45, 7) is 2.03. The Labute approximate surface area is 108 Å². The van der Waals surface area contributed by atoms with Crippen molar-refractivity contribution in [2.75, 3.05) is 0 Å². The van der Waals surface area contributed by atoms with E-state index in [1.54, 1.807) is 6.20 Å². The van der Waals surface area contributed by atoms with Gasteiger partial charge in [0.1, 0.15) is 0 Å². The summed E-state index contributed by atoms with van der Waals surface area (Å²) in [6.07, 6.45) is 6.83. The maximum Gasteiger partial charge on any atom is 0.0991 e. The summed E-state index contributed by atoms with van der Waals surface area (Å²) in [6, 6.07) is 12.3. The molecule has 18 heavy (non-hydrogen) atoms. The normalized spacial score (nSPS) is 10.0. The number of nitrogens with zero attached hydrogens (tertiary/aromatic N) is 2. The van der Waals surface area contributed by atoms with E-state index in [1.165, 1.54) is 11.1 Å². The van der Waals surface area contributed by atoms with E-state index in [4.69, 9.17) is 5.26 Å². The Balaban J connectivity index is 1.95. The van der Waals surface area contributed by atoms with Gasteiger partial charge >= 0.3 is 0 Å². The second-order valence-corrected chi connectivity index (χ2v) is 4.53. The van der Waals surface area contributed by atoms with E-state index in [-0.39, 0.29) is 0 Å². The first kappa shape index (κ1) is 12.3. The Bertz CT molecular complexity index is 553. The Hall–Kier alpha value is -2.14. The highest BCUT2D eigenvalue weighted by molar-refractivity contribution is 5.37. The fraction of sp³-hybridized carbons (Fsp3) is 0.250. The number of pyridine rings is 1. The summed E-state index contributed by atoms with van der Waals surface area (Å²) in [5, 5.41) is 8.93. The Morgan fingerprint density at radius 2 is 2.00 bits per heavy atom. The summed E-state index contributed by atoms with van der Waals surface area (Å²) in [5.41, 5.74) is 4.43. The molecule has 0 saturated carbocycles. The van der Waals surface area contributed by atoms with E-state index in [0.717, 1.165) is 30.4 Å². The quantitative estimate of drug-likeness (QED) is 0.815. The zero-order chi connectivity index (χ0) is 12.8. The molecule has 0 aliphatic carbocycles. The summed E-state index contributed by atoms with van der Waals surface area (Å²) in [4.78, 5) is 4.11. The van der Waals surface area contributed by atoms with E-state index in [1.807, 2.05) is 31.3 Å². The SMILES string of the molecule is Cc1cc(C#N)cc(CCCc2cccnc2)c1. The molecule has 0 spiro atoms. The van der Waals surface area contributed by atoms with Crippen molar-refractivity contribution in [1.82, 2.24) is 4.98 Å². The summed E-state index contributed by atoms with van der Waals surface area (Å²) in [7, 11) is 0. The van der Waals surface area contributed by atoms with Gasteiger partial charge in [0.2, 0.25) is 0 Å². The lowest BCUT2D eigenvalue weighted by molar-refractivity contribution is 0.816. The van der Waals surface area contributed by atoms with Gasteiger partial charge in [0.25, 0.3) is 0 Å². The van der Waals surface area contributed by atoms with Crippen molar-refractivity contribution < 1.29 is 0 Å². The molecule has 1 aromatic heterocycles. The molecule has 0 N–H and O–H groups in total. The molecule has 0 fully saturated rings. The van der Waals surface area contributed by atoms with E-state index < -0.39 is 0 Å². The smallest absolute Gasteiger partial charge is 0.0991 e. The van der Waals surface area contributed by atoms with Gasteiger partial charge in [0.15, 0.2) is 0 Å². The maximum atomic E-state index is 8.93. The van der Waals surface area contributed by atoms with Crippen LogP contribution in [0.25, 0.3) is 0 Å². The van der Waals surface area contributed by atoms with Crippen LogP contribution in [0.1, 0.15) is 28.7 Å². The van der Waals surface area contributed by atoms with E-state index in [0.29, 0.717) is 0 Å². The van der Waals surface area contributed by atoms with Crippen LogP contribution in [-0.4, -0.2) is 4.98 Å². The molecule has 90 valence electrons. The minimum atomic E-state index is 0.756. The van der Waals surface area contributed by atoms with Crippen molar-refractivity contribution in [3.63, 3.8) is 0 Å². The number of rotatable bonds is 4. The van der Waals surface area contributed by atoms with Crippen LogP contribution in [0, 0.1) is 18.3 Å². The van der Waals surface area contributed by atoms with Crippen LogP contribution in [0.4, 0.5) is 0 Å². The molecule has 0 atom stereocenters. The van der Waals surface area contributed by atoms with Crippen molar-refractivity contribution >= 4 is 0 Å². The van der Waals surface area contributed by atoms with Gasteiger partial charge in [-0.05, 0) is 61.1 Å². The lowest BCUT2D eigenvalue weighted by Gasteiger charge is -2.04. The molecule has 2 rings (SSSR count). The molecule has 0 radical (unpaired) electrons. The molecule has 0 bridgehead atoms. The minimum Gasteiger partial charge on any atom is -0.264 e. The van der Waals surface area contributed by atoms with Gasteiger partial charge in [0.05, 0.1) is 11.6 Å². The van der Waals surface area contributed by atoms with Crippen LogP contribution in [0.5, 0.6) is 0 Å². The minimum absolute atomic E-state index is 0.756. The molecular weight excluding hydrogens is 220 g/mol. The topological polar surface area (TPSA) is 36.7 Å². The summed E-state index contributed by atoms with van der Waals surface area (Å²) < 4.78 is 0. The van der Waals surface area contributed by atoms with Gasteiger partial charge in [-0.25, -0.2) is 0 Å². The van der Waals surface area contributed by atoms with Crippen LogP contribution >= 0.6 is 0 Å². The van der Waals surface area contributed by atoms with Gasteiger partial charge in [0, 0.05) is 12.4 Å². The lowest BCUT2D eigenvalue weighted by Crippen LogP contribution is -1.92. The largest absolute Gasteiger partial charge is 0.264 e. The van der Waals surface area contributed by atoms with Crippen LogP contribution in [0.15, 0.2) is 42.7 Å². The number of hydrogen-bond donors (Lipinski definition) is 0. The van der Waals surface area contributed by atoms with Gasteiger partial charge in [-0.15, -0.1) is 0 Å². The first-order chi connectivity index (χ1) is 8.78. The number of aryl methyl sites for hydroxylation is 3. The molecule has 1 aromatic carbocycles. The average molecular weight is 236 g/mol. The number of hydrogen-bond acceptors (Lipinski definition) is 2. The van der Waals surface area contributed by atoms with Crippen LogP contribution in [-0.2, 0) is 12.8 Å². The van der Waals surface area contributed by atoms with Gasteiger partial charge in [-0.2, -0.15) is 5.26 Å². The van der Waals surface area contributed by atoms with Crippen molar-refractivity contribution in [1.29, 1.82) is 5.26 Å². The second kappa shape index (κ2) is 5.97. The predicted molar refractivity (Wildman–Crippen MR) is 72.2 cm³/mol. The monoisotopic (exact) mass is 236 g/mol. The fourth-order valence-corrected chi connectivity index (χ4v) is 2.11. The molecule has 0 amide bonds. The molecule has 2 heteroatoms. The van der Waals surface area contributed by atoms with Crippen LogP contribution in [0.3, 0.4) is 0 Å². The first-order valence-corrected chi connectivity index (χ1v) is 6.17. The third-order valence-electron chi connectivity index (χ3n) is 2.92. The Morgan fingerprint density at radius 1 is 1.17 bits per heavy atom. The standard InChI is InChI=1S/C16H16N2/c1-13-8-15(10-16(9-13)11-17)5-2-4-14-6-3-7-18-12-14/h3,6-10,12H,2,4-5H2,1H3. The molecule has 2 nitrogen and oxygen atoms in total. The van der Waals surface area contributed by atoms with Crippen molar-refractivity contribution in [3.8, 4) is 6.07 Å². The van der Waals surface area contributed by atoms with E-state index in [2.05, 4.69) is 23.2 Å². The molecule has 0 aliphatic rings. The van der Waals surface area contributed by atoms with Crippen LogP contribution in [0.2, 0.25) is 0 Å². The third-order valence-corrected chi connectivity index (χ3v) is 2.92. The fourth-order valence-electron chi connectivity index (χ4n) is 2.11.